The maximum atomic E-state index is 5.91. The fourth-order valence-electron chi connectivity index (χ4n) is 2.31. The Labute approximate surface area is 134 Å². The van der Waals surface area contributed by atoms with Crippen molar-refractivity contribution in [1.82, 2.24) is 10.2 Å². The summed E-state index contributed by atoms with van der Waals surface area (Å²) in [4.78, 5) is 2.92. The zero-order chi connectivity index (χ0) is 15.4. The number of rotatable bonds is 6. The Morgan fingerprint density at radius 1 is 1.29 bits per heavy atom. The number of nitrogens with zero attached hydrogens (tertiary/aromatic N) is 2. The minimum Gasteiger partial charge on any atom is -0.389 e. The summed E-state index contributed by atoms with van der Waals surface area (Å²) in [6, 6.07) is 4.22. The van der Waals surface area contributed by atoms with Crippen molar-refractivity contribution >= 4 is 34.4 Å². The normalized spacial score (nSPS) is 10.6. The highest BCUT2D eigenvalue weighted by atomic mass is 32.1. The summed E-state index contributed by atoms with van der Waals surface area (Å²) in [6.45, 7) is 6.95. The van der Waals surface area contributed by atoms with Gasteiger partial charge in [0.2, 0.25) is 0 Å². The van der Waals surface area contributed by atoms with Crippen LogP contribution in [0.5, 0.6) is 0 Å². The summed E-state index contributed by atoms with van der Waals surface area (Å²) in [5.74, 6) is 0.683. The van der Waals surface area contributed by atoms with Gasteiger partial charge in [0.15, 0.2) is 5.82 Å². The Morgan fingerprint density at radius 3 is 2.57 bits per heavy atom. The molecule has 0 aliphatic carbocycles. The van der Waals surface area contributed by atoms with Crippen LogP contribution in [0.15, 0.2) is 12.1 Å². The lowest BCUT2D eigenvalue weighted by Crippen LogP contribution is -2.19. The van der Waals surface area contributed by atoms with Crippen LogP contribution < -0.4 is 11.1 Å². The molecule has 2 heterocycles. The molecule has 6 heteroatoms. The van der Waals surface area contributed by atoms with E-state index >= 15 is 0 Å². The molecular formula is C15H20N4S2. The number of thiophene rings is 1. The van der Waals surface area contributed by atoms with Gasteiger partial charge in [-0.05, 0) is 37.5 Å². The number of hydrogen-bond acceptors (Lipinski definition) is 5. The molecule has 0 bridgehead atoms. The number of nitrogens with two attached hydrogens (primary N) is 1. The summed E-state index contributed by atoms with van der Waals surface area (Å²) >= 11 is 6.98. The molecule has 0 radical (unpaired) electrons. The number of nitrogens with one attached hydrogen (secondary N) is 1. The van der Waals surface area contributed by atoms with Gasteiger partial charge in [0.1, 0.15) is 4.99 Å². The molecule has 21 heavy (non-hydrogen) atoms. The minimum atomic E-state index is 0.376. The zero-order valence-electron chi connectivity index (χ0n) is 12.6. The number of hydrogen-bond donors (Lipinski definition) is 2. The van der Waals surface area contributed by atoms with Crippen LogP contribution in [0, 0.1) is 6.92 Å². The van der Waals surface area contributed by atoms with E-state index in [-0.39, 0.29) is 0 Å². The second-order valence-corrected chi connectivity index (χ2v) is 6.60. The van der Waals surface area contributed by atoms with Crippen LogP contribution >= 0.6 is 23.6 Å². The first-order chi connectivity index (χ1) is 10.1. The topological polar surface area (TPSA) is 63.8 Å². The average molecular weight is 320 g/mol. The van der Waals surface area contributed by atoms with Gasteiger partial charge in [-0.25, -0.2) is 0 Å². The lowest BCUT2D eigenvalue weighted by Gasteiger charge is -2.15. The highest BCUT2D eigenvalue weighted by molar-refractivity contribution is 7.80. The molecule has 0 atom stereocenters. The highest BCUT2D eigenvalue weighted by Gasteiger charge is 2.16. The molecule has 0 saturated heterocycles. The Balaban J connectivity index is 2.32. The molecule has 0 aromatic carbocycles. The molecule has 0 aliphatic heterocycles. The van der Waals surface area contributed by atoms with Crippen molar-refractivity contribution in [3.05, 3.63) is 38.7 Å². The summed E-state index contributed by atoms with van der Waals surface area (Å²) in [7, 11) is 0. The zero-order valence-corrected chi connectivity index (χ0v) is 14.2. The van der Waals surface area contributed by atoms with Gasteiger partial charge in [0.25, 0.3) is 0 Å². The van der Waals surface area contributed by atoms with Crippen LogP contribution in [-0.4, -0.2) is 15.2 Å². The molecule has 2 aromatic rings. The summed E-state index contributed by atoms with van der Waals surface area (Å²) in [6.07, 6.45) is 1.67. The summed E-state index contributed by atoms with van der Waals surface area (Å²) in [5, 5.41) is 11.9. The van der Waals surface area contributed by atoms with Gasteiger partial charge in [0, 0.05) is 9.75 Å². The first-order valence-corrected chi connectivity index (χ1v) is 8.26. The average Bonchev–Trinajstić information content (AvgIpc) is 2.89. The third kappa shape index (κ3) is 3.57. The Bertz CT molecular complexity index is 649. The van der Waals surface area contributed by atoms with Crippen molar-refractivity contribution in [3.63, 3.8) is 0 Å². The molecular weight excluding hydrogens is 300 g/mol. The van der Waals surface area contributed by atoms with Crippen LogP contribution in [0.4, 0.5) is 5.82 Å². The van der Waals surface area contributed by atoms with Crippen molar-refractivity contribution in [2.24, 2.45) is 5.73 Å². The predicted molar refractivity (Wildman–Crippen MR) is 93.1 cm³/mol. The second-order valence-electron chi connectivity index (χ2n) is 4.79. The monoisotopic (exact) mass is 320 g/mol. The van der Waals surface area contributed by atoms with E-state index in [0.717, 1.165) is 29.7 Å². The Kier molecular flexibility index (Phi) is 5.25. The van der Waals surface area contributed by atoms with Crippen molar-refractivity contribution in [2.45, 2.75) is 40.2 Å². The number of anilines is 1. The molecule has 3 N–H and O–H groups in total. The number of aryl methyl sites for hydroxylation is 2. The van der Waals surface area contributed by atoms with E-state index in [2.05, 4.69) is 48.4 Å². The SMILES string of the molecule is CCc1nnc(NCc2ccc(C)s2)c(C(N)=S)c1CC. The van der Waals surface area contributed by atoms with E-state index in [1.807, 2.05) is 0 Å². The fourth-order valence-corrected chi connectivity index (χ4v) is 3.36. The Hall–Kier alpha value is -1.53. The quantitative estimate of drug-likeness (QED) is 0.800. The molecule has 112 valence electrons. The maximum Gasteiger partial charge on any atom is 0.159 e. The van der Waals surface area contributed by atoms with E-state index in [1.165, 1.54) is 9.75 Å². The minimum absolute atomic E-state index is 0.376. The highest BCUT2D eigenvalue weighted by Crippen LogP contribution is 2.22. The van der Waals surface area contributed by atoms with Gasteiger partial charge in [-0.2, -0.15) is 5.10 Å². The third-order valence-electron chi connectivity index (χ3n) is 3.32. The van der Waals surface area contributed by atoms with Crippen molar-refractivity contribution in [1.29, 1.82) is 0 Å². The number of thiocarbonyl (C=S) groups is 1. The summed E-state index contributed by atoms with van der Waals surface area (Å²) in [5.41, 5.74) is 8.83. The van der Waals surface area contributed by atoms with Crippen LogP contribution in [0.3, 0.4) is 0 Å². The lowest BCUT2D eigenvalue weighted by atomic mass is 10.0. The standard InChI is InChI=1S/C15H20N4S2/c1-4-11-12(5-2)18-19-15(13(11)14(16)20)17-8-10-7-6-9(3)21-10/h6-7H,4-5,8H2,1-3H3,(H2,16,20)(H,17,19). The largest absolute Gasteiger partial charge is 0.389 e. The van der Waals surface area contributed by atoms with Gasteiger partial charge in [0.05, 0.1) is 17.8 Å². The smallest absolute Gasteiger partial charge is 0.159 e. The maximum absolute atomic E-state index is 5.91. The third-order valence-corrected chi connectivity index (χ3v) is 4.52. The molecule has 0 fully saturated rings. The van der Waals surface area contributed by atoms with E-state index in [9.17, 15) is 0 Å². The Morgan fingerprint density at radius 2 is 2.05 bits per heavy atom. The van der Waals surface area contributed by atoms with Crippen molar-refractivity contribution in [3.8, 4) is 0 Å². The second kappa shape index (κ2) is 6.95. The van der Waals surface area contributed by atoms with Crippen LogP contribution in [0.1, 0.15) is 40.4 Å². The van der Waals surface area contributed by atoms with Crippen LogP contribution in [-0.2, 0) is 19.4 Å². The number of aromatic nitrogens is 2. The molecule has 0 saturated carbocycles. The van der Waals surface area contributed by atoms with E-state index in [4.69, 9.17) is 18.0 Å². The summed E-state index contributed by atoms with van der Waals surface area (Å²) < 4.78 is 0. The van der Waals surface area contributed by atoms with Crippen LogP contribution in [0.25, 0.3) is 0 Å². The van der Waals surface area contributed by atoms with Gasteiger partial charge < -0.3 is 11.1 Å². The van der Waals surface area contributed by atoms with Gasteiger partial charge in [-0.3, -0.25) is 0 Å². The van der Waals surface area contributed by atoms with E-state index in [0.29, 0.717) is 17.4 Å². The molecule has 2 rings (SSSR count). The molecule has 4 nitrogen and oxygen atoms in total. The first kappa shape index (κ1) is 15.9. The molecule has 0 aliphatic rings. The fraction of sp³-hybridized carbons (Fsp3) is 0.400. The van der Waals surface area contributed by atoms with Gasteiger partial charge in [-0.1, -0.05) is 26.1 Å². The molecule has 0 amide bonds. The van der Waals surface area contributed by atoms with Crippen molar-refractivity contribution in [2.75, 3.05) is 5.32 Å². The van der Waals surface area contributed by atoms with Gasteiger partial charge >= 0.3 is 0 Å². The molecule has 0 unspecified atom stereocenters. The van der Waals surface area contributed by atoms with Crippen molar-refractivity contribution < 1.29 is 0 Å². The molecule has 2 aromatic heterocycles. The van der Waals surface area contributed by atoms with Gasteiger partial charge in [-0.15, -0.1) is 16.4 Å². The predicted octanol–water partition coefficient (Wildman–Crippen LogP) is 3.22. The van der Waals surface area contributed by atoms with E-state index in [1.54, 1.807) is 11.3 Å². The first-order valence-electron chi connectivity index (χ1n) is 7.04. The molecule has 0 spiro atoms. The lowest BCUT2D eigenvalue weighted by molar-refractivity contribution is 0.872. The van der Waals surface area contributed by atoms with Crippen LogP contribution in [0.2, 0.25) is 0 Å². The van der Waals surface area contributed by atoms with E-state index < -0.39 is 0 Å².